The van der Waals surface area contributed by atoms with Crippen molar-refractivity contribution >= 4 is 28.9 Å². The van der Waals surface area contributed by atoms with E-state index in [9.17, 15) is 0 Å². The lowest BCUT2D eigenvalue weighted by Crippen LogP contribution is -2.49. The topological polar surface area (TPSA) is 6.48 Å². The van der Waals surface area contributed by atoms with E-state index in [-0.39, 0.29) is 6.04 Å². The first-order chi connectivity index (χ1) is 12.5. The van der Waals surface area contributed by atoms with Crippen molar-refractivity contribution in [1.29, 1.82) is 0 Å². The molecule has 0 saturated carbocycles. The summed E-state index contributed by atoms with van der Waals surface area (Å²) in [6.07, 6.45) is 1.22. The zero-order valence-electron chi connectivity index (χ0n) is 15.9. The third kappa shape index (κ3) is 4.54. The van der Waals surface area contributed by atoms with Crippen molar-refractivity contribution < 1.29 is 0 Å². The summed E-state index contributed by atoms with van der Waals surface area (Å²) in [6, 6.07) is 14.9. The molecule has 2 aromatic rings. The summed E-state index contributed by atoms with van der Waals surface area (Å²) in [5, 5.41) is 1.61. The molecule has 0 amide bonds. The van der Waals surface area contributed by atoms with Crippen LogP contribution in [0.2, 0.25) is 10.0 Å². The lowest BCUT2D eigenvalue weighted by atomic mass is 9.99. The van der Waals surface area contributed by atoms with Crippen molar-refractivity contribution in [3.63, 3.8) is 0 Å². The first kappa shape index (κ1) is 19.5. The zero-order chi connectivity index (χ0) is 18.7. The van der Waals surface area contributed by atoms with Gasteiger partial charge < -0.3 is 4.90 Å². The molecule has 0 bridgehead atoms. The molecule has 140 valence electrons. The van der Waals surface area contributed by atoms with Gasteiger partial charge in [-0.2, -0.15) is 0 Å². The summed E-state index contributed by atoms with van der Waals surface area (Å²) < 4.78 is 0. The van der Waals surface area contributed by atoms with E-state index < -0.39 is 0 Å². The van der Waals surface area contributed by atoms with Gasteiger partial charge in [0.2, 0.25) is 0 Å². The lowest BCUT2D eigenvalue weighted by molar-refractivity contribution is 0.195. The van der Waals surface area contributed by atoms with Crippen LogP contribution in [0, 0.1) is 12.8 Å². The minimum absolute atomic E-state index is 0.283. The molecule has 1 fully saturated rings. The molecule has 2 unspecified atom stereocenters. The molecule has 0 spiro atoms. The zero-order valence-corrected chi connectivity index (χ0v) is 17.4. The minimum Gasteiger partial charge on any atom is -0.361 e. The number of aryl methyl sites for hydroxylation is 1. The van der Waals surface area contributed by atoms with Gasteiger partial charge in [0, 0.05) is 31.2 Å². The van der Waals surface area contributed by atoms with Crippen LogP contribution in [0.3, 0.4) is 0 Å². The molecular weight excluding hydrogens is 363 g/mol. The first-order valence-corrected chi connectivity index (χ1v) is 10.2. The fourth-order valence-electron chi connectivity index (χ4n) is 3.68. The van der Waals surface area contributed by atoms with Crippen LogP contribution in [0.1, 0.15) is 37.4 Å². The fraction of sp³-hybridized carbons (Fsp3) is 0.455. The molecule has 4 heteroatoms. The summed E-state index contributed by atoms with van der Waals surface area (Å²) in [7, 11) is 0. The van der Waals surface area contributed by atoms with Crippen molar-refractivity contribution in [3.8, 4) is 0 Å². The summed E-state index contributed by atoms with van der Waals surface area (Å²) >= 11 is 12.7. The maximum Gasteiger partial charge on any atom is 0.0670 e. The molecular formula is C22H28Cl2N2. The SMILES string of the molecule is CCC(C)CN1CCN(c2ccc(C)cc2Cl)C(c2ccc(Cl)cc2)C1. The van der Waals surface area contributed by atoms with Crippen molar-refractivity contribution in [3.05, 3.63) is 63.6 Å². The minimum atomic E-state index is 0.283. The highest BCUT2D eigenvalue weighted by atomic mass is 35.5. The molecule has 26 heavy (non-hydrogen) atoms. The van der Waals surface area contributed by atoms with Crippen LogP contribution in [0.25, 0.3) is 0 Å². The Morgan fingerprint density at radius 1 is 1.08 bits per heavy atom. The van der Waals surface area contributed by atoms with Gasteiger partial charge in [0.05, 0.1) is 16.8 Å². The predicted octanol–water partition coefficient (Wildman–Crippen LogP) is 6.21. The average Bonchev–Trinajstić information content (AvgIpc) is 2.63. The Bertz CT molecular complexity index is 729. The molecule has 0 radical (unpaired) electrons. The van der Waals surface area contributed by atoms with Gasteiger partial charge in [-0.15, -0.1) is 0 Å². The van der Waals surface area contributed by atoms with Gasteiger partial charge in [0.15, 0.2) is 0 Å². The number of benzene rings is 2. The van der Waals surface area contributed by atoms with Crippen LogP contribution in [0.5, 0.6) is 0 Å². The van der Waals surface area contributed by atoms with Crippen LogP contribution in [0.15, 0.2) is 42.5 Å². The lowest BCUT2D eigenvalue weighted by Gasteiger charge is -2.44. The Hall–Kier alpha value is -1.22. The van der Waals surface area contributed by atoms with E-state index in [2.05, 4.69) is 60.9 Å². The molecule has 2 atom stereocenters. The number of piperazine rings is 1. The molecule has 2 aromatic carbocycles. The number of hydrogen-bond donors (Lipinski definition) is 0. The molecule has 1 heterocycles. The second-order valence-electron chi connectivity index (χ2n) is 7.49. The largest absolute Gasteiger partial charge is 0.361 e. The van der Waals surface area contributed by atoms with E-state index in [0.29, 0.717) is 0 Å². The highest BCUT2D eigenvalue weighted by molar-refractivity contribution is 6.33. The van der Waals surface area contributed by atoms with E-state index in [1.165, 1.54) is 17.5 Å². The van der Waals surface area contributed by atoms with Gasteiger partial charge in [-0.3, -0.25) is 4.90 Å². The number of hydrogen-bond acceptors (Lipinski definition) is 2. The van der Waals surface area contributed by atoms with E-state index in [1.54, 1.807) is 0 Å². The van der Waals surface area contributed by atoms with E-state index in [1.807, 2.05) is 12.1 Å². The third-order valence-electron chi connectivity index (χ3n) is 5.40. The number of nitrogens with zero attached hydrogens (tertiary/aromatic N) is 2. The standard InChI is InChI=1S/C22H28Cl2N2/c1-4-16(2)14-25-11-12-26(21-10-5-17(3)13-20(21)24)22(15-25)18-6-8-19(23)9-7-18/h5-10,13,16,22H,4,11-12,14-15H2,1-3H3. The maximum absolute atomic E-state index is 6.61. The maximum atomic E-state index is 6.61. The smallest absolute Gasteiger partial charge is 0.0670 e. The molecule has 3 rings (SSSR count). The van der Waals surface area contributed by atoms with Crippen molar-refractivity contribution in [2.75, 3.05) is 31.1 Å². The highest BCUT2D eigenvalue weighted by Gasteiger charge is 2.30. The molecule has 1 saturated heterocycles. The fourth-order valence-corrected chi connectivity index (χ4v) is 4.15. The van der Waals surface area contributed by atoms with Crippen molar-refractivity contribution in [2.24, 2.45) is 5.92 Å². The quantitative estimate of drug-likeness (QED) is 0.598. The van der Waals surface area contributed by atoms with E-state index in [4.69, 9.17) is 23.2 Å². The normalized spacial score (nSPS) is 19.6. The Morgan fingerprint density at radius 3 is 2.46 bits per heavy atom. The van der Waals surface area contributed by atoms with Gasteiger partial charge in [0.1, 0.15) is 0 Å². The molecule has 0 aliphatic carbocycles. The summed E-state index contributed by atoms with van der Waals surface area (Å²) in [6.45, 7) is 10.9. The highest BCUT2D eigenvalue weighted by Crippen LogP contribution is 2.36. The molecule has 0 aromatic heterocycles. The molecule has 1 aliphatic heterocycles. The van der Waals surface area contributed by atoms with E-state index >= 15 is 0 Å². The van der Waals surface area contributed by atoms with Crippen molar-refractivity contribution in [1.82, 2.24) is 4.90 Å². The molecule has 0 N–H and O–H groups in total. The second kappa shape index (κ2) is 8.65. The molecule has 2 nitrogen and oxygen atoms in total. The summed E-state index contributed by atoms with van der Waals surface area (Å²) in [4.78, 5) is 5.05. The van der Waals surface area contributed by atoms with Crippen LogP contribution in [-0.4, -0.2) is 31.1 Å². The number of anilines is 1. The first-order valence-electron chi connectivity index (χ1n) is 9.48. The Kier molecular flexibility index (Phi) is 6.50. The van der Waals surface area contributed by atoms with Gasteiger partial charge in [-0.25, -0.2) is 0 Å². The van der Waals surface area contributed by atoms with E-state index in [0.717, 1.165) is 47.8 Å². The monoisotopic (exact) mass is 390 g/mol. The van der Waals surface area contributed by atoms with Crippen LogP contribution >= 0.6 is 23.2 Å². The number of rotatable bonds is 5. The van der Waals surface area contributed by atoms with Gasteiger partial charge in [0.25, 0.3) is 0 Å². The average molecular weight is 391 g/mol. The molecule has 1 aliphatic rings. The summed E-state index contributed by atoms with van der Waals surface area (Å²) in [5.74, 6) is 0.718. The van der Waals surface area contributed by atoms with Crippen molar-refractivity contribution in [2.45, 2.75) is 33.2 Å². The van der Waals surface area contributed by atoms with Crippen LogP contribution in [0.4, 0.5) is 5.69 Å². The summed E-state index contributed by atoms with van der Waals surface area (Å²) in [5.41, 5.74) is 3.61. The van der Waals surface area contributed by atoms with Gasteiger partial charge in [-0.05, 0) is 48.2 Å². The second-order valence-corrected chi connectivity index (χ2v) is 8.33. The Labute approximate surface area is 167 Å². The van der Waals surface area contributed by atoms with Gasteiger partial charge in [-0.1, -0.05) is 61.7 Å². The van der Waals surface area contributed by atoms with Crippen LogP contribution < -0.4 is 4.90 Å². The van der Waals surface area contributed by atoms with Gasteiger partial charge >= 0.3 is 0 Å². The number of halogens is 2. The Balaban J connectivity index is 1.90. The predicted molar refractivity (Wildman–Crippen MR) is 114 cm³/mol. The Morgan fingerprint density at radius 2 is 1.81 bits per heavy atom. The van der Waals surface area contributed by atoms with Crippen LogP contribution in [-0.2, 0) is 0 Å². The third-order valence-corrected chi connectivity index (χ3v) is 5.95.